The number of unbranched alkanes of at least 4 members (excludes halogenated alkanes) is 1. The zero-order chi connectivity index (χ0) is 12.6. The normalized spacial score (nSPS) is 7.81. The Bertz CT molecular complexity index is 231. The number of terminal acetylenes is 1. The second-order valence-electron chi connectivity index (χ2n) is 2.66. The highest BCUT2D eigenvalue weighted by molar-refractivity contribution is 5.20. The van der Waals surface area contributed by atoms with E-state index in [1.807, 2.05) is 44.2 Å². The summed E-state index contributed by atoms with van der Waals surface area (Å²) < 4.78 is 5.45. The average molecular weight is 221 g/mol. The van der Waals surface area contributed by atoms with E-state index < -0.39 is 0 Å². The number of hydrogen-bond acceptors (Lipinski definition) is 2. The summed E-state index contributed by atoms with van der Waals surface area (Å²) in [6.45, 7) is 5.51. The van der Waals surface area contributed by atoms with E-state index in [1.54, 1.807) is 0 Å². The number of nitrogens with two attached hydrogens (primary N) is 1. The first kappa shape index (κ1) is 17.0. The third kappa shape index (κ3) is 10.6. The van der Waals surface area contributed by atoms with Crippen molar-refractivity contribution in [3.05, 3.63) is 30.3 Å². The topological polar surface area (TPSA) is 35.2 Å². The molecule has 2 nitrogen and oxygen atoms in total. The Balaban J connectivity index is 0. The fourth-order valence-corrected chi connectivity index (χ4v) is 0.953. The van der Waals surface area contributed by atoms with Crippen LogP contribution in [0.1, 0.15) is 26.7 Å². The molecule has 16 heavy (non-hydrogen) atoms. The molecule has 0 heterocycles. The molecule has 0 saturated heterocycles. The summed E-state index contributed by atoms with van der Waals surface area (Å²) in [6, 6.07) is 9.84. The first-order valence-corrected chi connectivity index (χ1v) is 5.65. The first-order chi connectivity index (χ1) is 7.93. The minimum absolute atomic E-state index is 0.748. The summed E-state index contributed by atoms with van der Waals surface area (Å²) in [7, 11) is 0. The fourth-order valence-electron chi connectivity index (χ4n) is 0.953. The van der Waals surface area contributed by atoms with Crippen molar-refractivity contribution in [2.45, 2.75) is 26.7 Å². The molecule has 1 aromatic rings. The fraction of sp³-hybridized carbons (Fsp3) is 0.429. The van der Waals surface area contributed by atoms with Crippen molar-refractivity contribution in [2.75, 3.05) is 13.2 Å². The molecule has 2 N–H and O–H groups in total. The standard InChI is InChI=1S/C10H15NO.C2H6.C2H2/c11-8-4-5-9-12-10-6-2-1-3-7-10;2*1-2/h1-3,6-7H,4-5,8-9,11H2;1-2H3;1-2H. The van der Waals surface area contributed by atoms with Gasteiger partial charge in [-0.1, -0.05) is 32.0 Å². The van der Waals surface area contributed by atoms with E-state index in [0.717, 1.165) is 31.7 Å². The third-order valence-electron chi connectivity index (χ3n) is 1.61. The molecule has 0 spiro atoms. The second-order valence-corrected chi connectivity index (χ2v) is 2.66. The van der Waals surface area contributed by atoms with E-state index in [4.69, 9.17) is 10.5 Å². The van der Waals surface area contributed by atoms with Crippen molar-refractivity contribution < 1.29 is 4.74 Å². The second kappa shape index (κ2) is 16.0. The van der Waals surface area contributed by atoms with Crippen LogP contribution < -0.4 is 10.5 Å². The van der Waals surface area contributed by atoms with Crippen molar-refractivity contribution in [3.63, 3.8) is 0 Å². The first-order valence-electron chi connectivity index (χ1n) is 5.65. The summed E-state index contributed by atoms with van der Waals surface area (Å²) in [5.74, 6) is 0.939. The Kier molecular flexibility index (Phi) is 16.9. The molecule has 0 aromatic heterocycles. The van der Waals surface area contributed by atoms with Crippen LogP contribution in [0.4, 0.5) is 0 Å². The minimum Gasteiger partial charge on any atom is -0.494 e. The predicted molar refractivity (Wildman–Crippen MR) is 71.5 cm³/mol. The van der Waals surface area contributed by atoms with Crippen molar-refractivity contribution in [2.24, 2.45) is 5.73 Å². The van der Waals surface area contributed by atoms with Crippen molar-refractivity contribution in [1.29, 1.82) is 0 Å². The molecule has 90 valence electrons. The van der Waals surface area contributed by atoms with Crippen LogP contribution in [0.3, 0.4) is 0 Å². The Hall–Kier alpha value is -1.46. The molecule has 0 fully saturated rings. The zero-order valence-corrected chi connectivity index (χ0v) is 10.4. The van der Waals surface area contributed by atoms with Gasteiger partial charge in [-0.15, -0.1) is 12.8 Å². The molecule has 2 heteroatoms. The van der Waals surface area contributed by atoms with Gasteiger partial charge < -0.3 is 10.5 Å². The Morgan fingerprint density at radius 1 is 1.06 bits per heavy atom. The average Bonchev–Trinajstić information content (AvgIpc) is 2.41. The number of para-hydroxylation sites is 1. The minimum atomic E-state index is 0.748. The van der Waals surface area contributed by atoms with Crippen LogP contribution in [-0.4, -0.2) is 13.2 Å². The summed E-state index contributed by atoms with van der Waals surface area (Å²) >= 11 is 0. The number of benzene rings is 1. The van der Waals surface area contributed by atoms with E-state index in [2.05, 4.69) is 12.8 Å². The van der Waals surface area contributed by atoms with Crippen molar-refractivity contribution in [1.82, 2.24) is 0 Å². The summed E-state index contributed by atoms with van der Waals surface area (Å²) in [4.78, 5) is 0. The smallest absolute Gasteiger partial charge is 0.119 e. The molecule has 0 radical (unpaired) electrons. The lowest BCUT2D eigenvalue weighted by Crippen LogP contribution is -2.03. The van der Waals surface area contributed by atoms with Gasteiger partial charge in [-0.2, -0.15) is 0 Å². The molecular weight excluding hydrogens is 198 g/mol. The summed E-state index contributed by atoms with van der Waals surface area (Å²) in [5, 5.41) is 0. The lowest BCUT2D eigenvalue weighted by Gasteiger charge is -2.04. The molecule has 0 aliphatic rings. The molecule has 1 rings (SSSR count). The van der Waals surface area contributed by atoms with Gasteiger partial charge in [0.1, 0.15) is 5.75 Å². The zero-order valence-electron chi connectivity index (χ0n) is 10.4. The van der Waals surface area contributed by atoms with Crippen LogP contribution in [0.25, 0.3) is 0 Å². The molecule has 0 amide bonds. The molecule has 0 aliphatic heterocycles. The van der Waals surface area contributed by atoms with E-state index in [0.29, 0.717) is 0 Å². The number of ether oxygens (including phenoxy) is 1. The van der Waals surface area contributed by atoms with Crippen LogP contribution in [-0.2, 0) is 0 Å². The van der Waals surface area contributed by atoms with Crippen LogP contribution in [0, 0.1) is 12.8 Å². The summed E-state index contributed by atoms with van der Waals surface area (Å²) in [5.41, 5.74) is 5.35. The van der Waals surface area contributed by atoms with Crippen molar-refractivity contribution in [3.8, 4) is 18.6 Å². The molecule has 1 aromatic carbocycles. The quantitative estimate of drug-likeness (QED) is 0.612. The largest absolute Gasteiger partial charge is 0.494 e. The van der Waals surface area contributed by atoms with Gasteiger partial charge in [-0.3, -0.25) is 0 Å². The van der Waals surface area contributed by atoms with Gasteiger partial charge in [0.25, 0.3) is 0 Å². The van der Waals surface area contributed by atoms with E-state index in [1.165, 1.54) is 0 Å². The van der Waals surface area contributed by atoms with Gasteiger partial charge in [-0.25, -0.2) is 0 Å². The van der Waals surface area contributed by atoms with Crippen LogP contribution in [0.2, 0.25) is 0 Å². The number of rotatable bonds is 5. The molecule has 0 bridgehead atoms. The molecule has 0 atom stereocenters. The Labute approximate surface area is 99.8 Å². The summed E-state index contributed by atoms with van der Waals surface area (Å²) in [6.07, 6.45) is 10.1. The van der Waals surface area contributed by atoms with Crippen LogP contribution in [0.5, 0.6) is 5.75 Å². The van der Waals surface area contributed by atoms with Crippen LogP contribution in [0.15, 0.2) is 30.3 Å². The Morgan fingerprint density at radius 3 is 2.12 bits per heavy atom. The highest BCUT2D eigenvalue weighted by atomic mass is 16.5. The van der Waals surface area contributed by atoms with E-state index in [9.17, 15) is 0 Å². The van der Waals surface area contributed by atoms with Gasteiger partial charge in [0.2, 0.25) is 0 Å². The van der Waals surface area contributed by atoms with Gasteiger partial charge in [0.15, 0.2) is 0 Å². The lowest BCUT2D eigenvalue weighted by atomic mass is 10.3. The van der Waals surface area contributed by atoms with Gasteiger partial charge in [0, 0.05) is 0 Å². The Morgan fingerprint density at radius 2 is 1.62 bits per heavy atom. The maximum absolute atomic E-state index is 5.45. The van der Waals surface area contributed by atoms with E-state index >= 15 is 0 Å². The molecule has 0 unspecified atom stereocenters. The van der Waals surface area contributed by atoms with E-state index in [-0.39, 0.29) is 0 Å². The SMILES string of the molecule is C#C.CC.NCCCCOc1ccccc1. The third-order valence-corrected chi connectivity index (χ3v) is 1.61. The van der Waals surface area contributed by atoms with Crippen molar-refractivity contribution >= 4 is 0 Å². The van der Waals surface area contributed by atoms with Crippen LogP contribution >= 0.6 is 0 Å². The molecule has 0 saturated carbocycles. The maximum Gasteiger partial charge on any atom is 0.119 e. The van der Waals surface area contributed by atoms with Gasteiger partial charge in [0.05, 0.1) is 6.61 Å². The maximum atomic E-state index is 5.45. The molecular formula is C14H23NO. The monoisotopic (exact) mass is 221 g/mol. The number of hydrogen-bond donors (Lipinski definition) is 1. The molecule has 0 aliphatic carbocycles. The van der Waals surface area contributed by atoms with Gasteiger partial charge in [-0.05, 0) is 31.5 Å². The highest BCUT2D eigenvalue weighted by Gasteiger charge is 1.89. The van der Waals surface area contributed by atoms with Gasteiger partial charge >= 0.3 is 0 Å². The highest BCUT2D eigenvalue weighted by Crippen LogP contribution is 2.08. The predicted octanol–water partition coefficient (Wildman–Crippen LogP) is 3.08. The lowest BCUT2D eigenvalue weighted by molar-refractivity contribution is 0.308.